The minimum Gasteiger partial charge on any atom is -0.271 e. The van der Waals surface area contributed by atoms with Crippen molar-refractivity contribution in [2.24, 2.45) is 7.05 Å². The third kappa shape index (κ3) is 3.26. The highest BCUT2D eigenvalue weighted by Crippen LogP contribution is 2.21. The van der Waals surface area contributed by atoms with Crippen molar-refractivity contribution in [1.29, 1.82) is 0 Å². The Labute approximate surface area is 145 Å². The first kappa shape index (κ1) is 16.8. The summed E-state index contributed by atoms with van der Waals surface area (Å²) in [5.41, 5.74) is 3.84. The molecular formula is C16H18N4O2S2. The number of hydrogen-bond donors (Lipinski definition) is 1. The van der Waals surface area contributed by atoms with Crippen molar-refractivity contribution in [3.63, 3.8) is 0 Å². The molecule has 0 aliphatic rings. The number of thiophene rings is 1. The molecule has 3 aromatic heterocycles. The van der Waals surface area contributed by atoms with E-state index in [1.807, 2.05) is 22.9 Å². The molecule has 0 bridgehead atoms. The van der Waals surface area contributed by atoms with E-state index >= 15 is 0 Å². The predicted octanol–water partition coefficient (Wildman–Crippen LogP) is 2.64. The molecule has 8 heteroatoms. The third-order valence-corrected chi connectivity index (χ3v) is 6.15. The number of aromatic nitrogens is 3. The molecule has 0 aliphatic carbocycles. The van der Waals surface area contributed by atoms with Crippen molar-refractivity contribution in [2.45, 2.75) is 25.3 Å². The maximum absolute atomic E-state index is 12.6. The lowest BCUT2D eigenvalue weighted by molar-refractivity contribution is 0.579. The summed E-state index contributed by atoms with van der Waals surface area (Å²) in [5, 5.41) is 8.17. The van der Waals surface area contributed by atoms with Crippen molar-refractivity contribution in [1.82, 2.24) is 19.5 Å². The Bertz CT molecular complexity index is 960. The van der Waals surface area contributed by atoms with Gasteiger partial charge >= 0.3 is 0 Å². The van der Waals surface area contributed by atoms with Gasteiger partial charge in [-0.25, -0.2) is 13.1 Å². The molecule has 126 valence electrons. The van der Waals surface area contributed by atoms with Crippen LogP contribution in [-0.2, 0) is 23.6 Å². The minimum absolute atomic E-state index is 0.204. The Morgan fingerprint density at radius 2 is 2.08 bits per heavy atom. The molecule has 6 nitrogen and oxygen atoms in total. The van der Waals surface area contributed by atoms with Gasteiger partial charge in [-0.2, -0.15) is 16.4 Å². The average molecular weight is 362 g/mol. The van der Waals surface area contributed by atoms with Crippen molar-refractivity contribution in [3.05, 3.63) is 52.1 Å². The van der Waals surface area contributed by atoms with Gasteiger partial charge in [-0.3, -0.25) is 9.67 Å². The highest BCUT2D eigenvalue weighted by molar-refractivity contribution is 7.89. The van der Waals surface area contributed by atoms with Crippen LogP contribution >= 0.6 is 11.3 Å². The fourth-order valence-electron chi connectivity index (χ4n) is 2.55. The second kappa shape index (κ2) is 6.46. The third-order valence-electron chi connectivity index (χ3n) is 3.82. The predicted molar refractivity (Wildman–Crippen MR) is 94.3 cm³/mol. The lowest BCUT2D eigenvalue weighted by atomic mass is 10.1. The zero-order chi connectivity index (χ0) is 17.3. The summed E-state index contributed by atoms with van der Waals surface area (Å²) >= 11 is 1.60. The van der Waals surface area contributed by atoms with E-state index in [0.29, 0.717) is 11.4 Å². The normalized spacial score (nSPS) is 11.8. The summed E-state index contributed by atoms with van der Waals surface area (Å²) < 4.78 is 29.4. The topological polar surface area (TPSA) is 76.9 Å². The fourth-order valence-corrected chi connectivity index (χ4v) is 4.65. The lowest BCUT2D eigenvalue weighted by Crippen LogP contribution is -2.24. The molecule has 24 heavy (non-hydrogen) atoms. The SMILES string of the molecule is Cc1nn(C)c(C)c1S(=O)(=O)NCc1ccnc(-c2ccsc2)c1. The molecule has 0 radical (unpaired) electrons. The number of sulfonamides is 1. The van der Waals surface area contributed by atoms with Gasteiger partial charge in [-0.1, -0.05) is 0 Å². The van der Waals surface area contributed by atoms with Gasteiger partial charge in [0, 0.05) is 30.7 Å². The summed E-state index contributed by atoms with van der Waals surface area (Å²) in [6, 6.07) is 5.69. The largest absolute Gasteiger partial charge is 0.271 e. The summed E-state index contributed by atoms with van der Waals surface area (Å²) in [5.74, 6) is 0. The number of pyridine rings is 1. The maximum atomic E-state index is 12.6. The van der Waals surface area contributed by atoms with E-state index in [9.17, 15) is 8.42 Å². The summed E-state index contributed by atoms with van der Waals surface area (Å²) in [4.78, 5) is 4.58. The monoisotopic (exact) mass is 362 g/mol. The van der Waals surface area contributed by atoms with Crippen molar-refractivity contribution in [3.8, 4) is 11.3 Å². The zero-order valence-corrected chi connectivity index (χ0v) is 15.3. The summed E-state index contributed by atoms with van der Waals surface area (Å²) in [7, 11) is -1.88. The highest BCUT2D eigenvalue weighted by atomic mass is 32.2. The van der Waals surface area contributed by atoms with E-state index in [4.69, 9.17) is 0 Å². The van der Waals surface area contributed by atoms with Gasteiger partial charge in [0.1, 0.15) is 4.90 Å². The van der Waals surface area contributed by atoms with Crippen LogP contribution in [0.3, 0.4) is 0 Å². The second-order valence-electron chi connectivity index (χ2n) is 5.51. The van der Waals surface area contributed by atoms with E-state index in [1.165, 1.54) is 0 Å². The van der Waals surface area contributed by atoms with Gasteiger partial charge in [0.05, 0.1) is 17.1 Å². The number of nitrogens with zero attached hydrogens (tertiary/aromatic N) is 3. The van der Waals surface area contributed by atoms with E-state index in [-0.39, 0.29) is 11.4 Å². The Morgan fingerprint density at radius 3 is 2.71 bits per heavy atom. The Balaban J connectivity index is 1.82. The van der Waals surface area contributed by atoms with Crippen LogP contribution in [0, 0.1) is 13.8 Å². The van der Waals surface area contributed by atoms with Crippen LogP contribution in [0.5, 0.6) is 0 Å². The minimum atomic E-state index is -3.62. The van der Waals surface area contributed by atoms with Crippen LogP contribution in [0.2, 0.25) is 0 Å². The van der Waals surface area contributed by atoms with Crippen LogP contribution < -0.4 is 4.72 Å². The summed E-state index contributed by atoms with van der Waals surface area (Å²) in [6.07, 6.45) is 1.69. The standard InChI is InChI=1S/C16H18N4O2S2/c1-11-16(12(2)20(3)19-11)24(21,22)18-9-13-4-6-17-15(8-13)14-5-7-23-10-14/h4-8,10,18H,9H2,1-3H3. The van der Waals surface area contributed by atoms with Gasteiger partial charge < -0.3 is 0 Å². The van der Waals surface area contributed by atoms with Gasteiger partial charge in [-0.05, 0) is 43.0 Å². The van der Waals surface area contributed by atoms with Crippen molar-refractivity contribution >= 4 is 21.4 Å². The van der Waals surface area contributed by atoms with Gasteiger partial charge in [0.15, 0.2) is 0 Å². The Hall–Kier alpha value is -2.03. The number of hydrogen-bond acceptors (Lipinski definition) is 5. The lowest BCUT2D eigenvalue weighted by Gasteiger charge is -2.08. The van der Waals surface area contributed by atoms with Crippen LogP contribution in [0.15, 0.2) is 40.1 Å². The molecule has 3 heterocycles. The molecule has 0 fully saturated rings. The smallest absolute Gasteiger partial charge is 0.244 e. The van der Waals surface area contributed by atoms with E-state index < -0.39 is 10.0 Å². The first-order valence-corrected chi connectivity index (χ1v) is 9.78. The molecule has 0 amide bonds. The van der Waals surface area contributed by atoms with Crippen LogP contribution in [-0.4, -0.2) is 23.2 Å². The number of rotatable bonds is 5. The second-order valence-corrected chi connectivity index (χ2v) is 7.99. The zero-order valence-electron chi connectivity index (χ0n) is 13.6. The molecule has 0 spiro atoms. The van der Waals surface area contributed by atoms with Crippen molar-refractivity contribution < 1.29 is 8.42 Å². The van der Waals surface area contributed by atoms with E-state index in [0.717, 1.165) is 16.8 Å². The average Bonchev–Trinajstić information content (AvgIpc) is 3.15. The van der Waals surface area contributed by atoms with Gasteiger partial charge in [0.25, 0.3) is 0 Å². The molecular weight excluding hydrogens is 344 g/mol. The molecule has 0 saturated carbocycles. The Morgan fingerprint density at radius 1 is 1.29 bits per heavy atom. The molecule has 0 atom stereocenters. The molecule has 1 N–H and O–H groups in total. The van der Waals surface area contributed by atoms with E-state index in [2.05, 4.69) is 14.8 Å². The summed E-state index contributed by atoms with van der Waals surface area (Å²) in [6.45, 7) is 3.65. The van der Waals surface area contributed by atoms with Gasteiger partial charge in [-0.15, -0.1) is 0 Å². The molecule has 0 aromatic carbocycles. The first-order chi connectivity index (χ1) is 11.4. The maximum Gasteiger partial charge on any atom is 0.244 e. The van der Waals surface area contributed by atoms with Gasteiger partial charge in [0.2, 0.25) is 10.0 Å². The number of nitrogens with one attached hydrogen (secondary N) is 1. The molecule has 3 rings (SSSR count). The fraction of sp³-hybridized carbons (Fsp3) is 0.250. The molecule has 3 aromatic rings. The quantitative estimate of drug-likeness (QED) is 0.757. The van der Waals surface area contributed by atoms with Crippen LogP contribution in [0.4, 0.5) is 0 Å². The molecule has 0 unspecified atom stereocenters. The van der Waals surface area contributed by atoms with Crippen molar-refractivity contribution in [2.75, 3.05) is 0 Å². The van der Waals surface area contributed by atoms with Crippen LogP contribution in [0.25, 0.3) is 11.3 Å². The van der Waals surface area contributed by atoms with E-state index in [1.54, 1.807) is 49.2 Å². The highest BCUT2D eigenvalue weighted by Gasteiger charge is 2.23. The number of aryl methyl sites for hydroxylation is 2. The Kier molecular flexibility index (Phi) is 4.53. The molecule has 0 aliphatic heterocycles. The first-order valence-electron chi connectivity index (χ1n) is 7.36. The van der Waals surface area contributed by atoms with Crippen LogP contribution in [0.1, 0.15) is 17.0 Å². The molecule has 0 saturated heterocycles.